The molecule has 0 spiro atoms. The summed E-state index contributed by atoms with van der Waals surface area (Å²) in [5.74, 6) is 0.356. The normalized spacial score (nSPS) is 32.9. The van der Waals surface area contributed by atoms with Crippen molar-refractivity contribution in [3.05, 3.63) is 0 Å². The molecule has 0 aromatic carbocycles. The first-order valence-corrected chi connectivity index (χ1v) is 7.05. The first-order chi connectivity index (χ1) is 7.07. The molecule has 3 N–H and O–H groups in total. The van der Waals surface area contributed by atoms with E-state index < -0.39 is 10.2 Å². The zero-order valence-corrected chi connectivity index (χ0v) is 9.81. The third kappa shape index (κ3) is 3.41. The van der Waals surface area contributed by atoms with Gasteiger partial charge in [-0.1, -0.05) is 6.92 Å². The van der Waals surface area contributed by atoms with Crippen molar-refractivity contribution in [3.63, 3.8) is 0 Å². The Morgan fingerprint density at radius 1 is 1.20 bits per heavy atom. The molecule has 2 atom stereocenters. The maximum absolute atomic E-state index is 11.7. The molecule has 1 saturated heterocycles. The van der Waals surface area contributed by atoms with Crippen molar-refractivity contribution in [1.29, 1.82) is 0 Å². The Morgan fingerprint density at radius 2 is 1.93 bits per heavy atom. The van der Waals surface area contributed by atoms with E-state index in [1.165, 1.54) is 0 Å². The van der Waals surface area contributed by atoms with Gasteiger partial charge in [-0.05, 0) is 38.3 Å². The lowest BCUT2D eigenvalue weighted by molar-refractivity contribution is 0.327. The van der Waals surface area contributed by atoms with Crippen molar-refractivity contribution >= 4 is 10.2 Å². The molecule has 1 heterocycles. The lowest BCUT2D eigenvalue weighted by Gasteiger charge is -2.29. The molecule has 2 unspecified atom stereocenters. The van der Waals surface area contributed by atoms with E-state index in [1.807, 2.05) is 0 Å². The van der Waals surface area contributed by atoms with Gasteiger partial charge in [-0.25, -0.2) is 0 Å². The van der Waals surface area contributed by atoms with E-state index in [0.717, 1.165) is 32.4 Å². The molecule has 0 aromatic rings. The number of hydrogen-bond acceptors (Lipinski definition) is 3. The van der Waals surface area contributed by atoms with E-state index in [1.54, 1.807) is 0 Å². The third-order valence-corrected chi connectivity index (χ3v) is 4.25. The molecule has 0 radical (unpaired) electrons. The van der Waals surface area contributed by atoms with Crippen molar-refractivity contribution in [1.82, 2.24) is 14.8 Å². The molecule has 1 aliphatic heterocycles. The standard InChI is InChI=1S/C9H19N3O2S/c1-7-6-10-5-4-9(7)12-15(13,14)11-8-2-3-8/h7-12H,2-6H2,1H3. The lowest BCUT2D eigenvalue weighted by Crippen LogP contribution is -2.51. The van der Waals surface area contributed by atoms with Gasteiger partial charge in [0.1, 0.15) is 0 Å². The first-order valence-electron chi connectivity index (χ1n) is 5.57. The first kappa shape index (κ1) is 11.3. The van der Waals surface area contributed by atoms with Crippen molar-refractivity contribution in [2.75, 3.05) is 13.1 Å². The minimum Gasteiger partial charge on any atom is -0.316 e. The van der Waals surface area contributed by atoms with E-state index in [2.05, 4.69) is 21.7 Å². The van der Waals surface area contributed by atoms with Gasteiger partial charge in [-0.3, -0.25) is 0 Å². The van der Waals surface area contributed by atoms with Crippen molar-refractivity contribution in [3.8, 4) is 0 Å². The molecule has 15 heavy (non-hydrogen) atoms. The van der Waals surface area contributed by atoms with Crippen LogP contribution in [0.3, 0.4) is 0 Å². The van der Waals surface area contributed by atoms with Gasteiger partial charge < -0.3 is 5.32 Å². The smallest absolute Gasteiger partial charge is 0.277 e. The fourth-order valence-electron chi connectivity index (χ4n) is 1.84. The van der Waals surface area contributed by atoms with Gasteiger partial charge in [-0.2, -0.15) is 17.9 Å². The zero-order valence-electron chi connectivity index (χ0n) is 8.99. The number of nitrogens with one attached hydrogen (secondary N) is 3. The van der Waals surface area contributed by atoms with Crippen molar-refractivity contribution < 1.29 is 8.42 Å². The molecule has 0 aromatic heterocycles. The van der Waals surface area contributed by atoms with E-state index in [9.17, 15) is 8.42 Å². The lowest BCUT2D eigenvalue weighted by atomic mass is 9.97. The van der Waals surface area contributed by atoms with Gasteiger partial charge in [0.05, 0.1) is 0 Å². The van der Waals surface area contributed by atoms with Crippen LogP contribution in [0.25, 0.3) is 0 Å². The second-order valence-electron chi connectivity index (χ2n) is 4.59. The molecule has 2 fully saturated rings. The van der Waals surface area contributed by atoms with Gasteiger partial charge in [0.2, 0.25) is 0 Å². The average Bonchev–Trinajstić information content (AvgIpc) is 2.91. The van der Waals surface area contributed by atoms with Crippen LogP contribution in [-0.2, 0) is 10.2 Å². The van der Waals surface area contributed by atoms with E-state index in [0.29, 0.717) is 5.92 Å². The zero-order chi connectivity index (χ0) is 10.9. The van der Waals surface area contributed by atoms with Crippen molar-refractivity contribution in [2.24, 2.45) is 5.92 Å². The second-order valence-corrected chi connectivity index (χ2v) is 6.07. The molecule has 2 rings (SSSR count). The third-order valence-electron chi connectivity index (χ3n) is 2.99. The topological polar surface area (TPSA) is 70.2 Å². The summed E-state index contributed by atoms with van der Waals surface area (Å²) in [5.41, 5.74) is 0. The van der Waals surface area contributed by atoms with Crippen LogP contribution in [0.5, 0.6) is 0 Å². The molecule has 88 valence electrons. The molecule has 1 aliphatic carbocycles. The maximum atomic E-state index is 11.7. The molecule has 1 saturated carbocycles. The van der Waals surface area contributed by atoms with Crippen LogP contribution in [0.2, 0.25) is 0 Å². The average molecular weight is 233 g/mol. The highest BCUT2D eigenvalue weighted by molar-refractivity contribution is 7.87. The van der Waals surface area contributed by atoms with Crippen LogP contribution in [0, 0.1) is 5.92 Å². The number of hydrogen-bond donors (Lipinski definition) is 3. The SMILES string of the molecule is CC1CNCCC1NS(=O)(=O)NC1CC1. The summed E-state index contributed by atoms with van der Waals surface area (Å²) in [6.07, 6.45) is 2.82. The summed E-state index contributed by atoms with van der Waals surface area (Å²) in [6, 6.07) is 0.252. The van der Waals surface area contributed by atoms with Crippen LogP contribution in [0.15, 0.2) is 0 Å². The Bertz CT molecular complexity index is 313. The van der Waals surface area contributed by atoms with Gasteiger partial charge in [0.25, 0.3) is 10.2 Å². The fraction of sp³-hybridized carbons (Fsp3) is 1.00. The monoisotopic (exact) mass is 233 g/mol. The van der Waals surface area contributed by atoms with Gasteiger partial charge in [0.15, 0.2) is 0 Å². The fourth-order valence-corrected chi connectivity index (χ4v) is 3.33. The number of piperidine rings is 1. The Labute approximate surface area is 91.2 Å². The molecule has 6 heteroatoms. The van der Waals surface area contributed by atoms with Crippen LogP contribution in [0.1, 0.15) is 26.2 Å². The summed E-state index contributed by atoms with van der Waals surface area (Å²) >= 11 is 0. The minimum absolute atomic E-state index is 0.0718. The quantitative estimate of drug-likeness (QED) is 0.617. The van der Waals surface area contributed by atoms with Gasteiger partial charge in [-0.15, -0.1) is 0 Å². The molecular formula is C9H19N3O2S. The summed E-state index contributed by atoms with van der Waals surface area (Å²) in [5, 5.41) is 3.25. The molecular weight excluding hydrogens is 214 g/mol. The van der Waals surface area contributed by atoms with Gasteiger partial charge >= 0.3 is 0 Å². The van der Waals surface area contributed by atoms with Gasteiger partial charge in [0, 0.05) is 12.1 Å². The molecule has 0 bridgehead atoms. The van der Waals surface area contributed by atoms with E-state index in [-0.39, 0.29) is 12.1 Å². The molecule has 5 nitrogen and oxygen atoms in total. The Hall–Kier alpha value is -0.170. The summed E-state index contributed by atoms with van der Waals surface area (Å²) < 4.78 is 28.7. The molecule has 0 amide bonds. The predicted octanol–water partition coefficient (Wildman–Crippen LogP) is -0.429. The summed E-state index contributed by atoms with van der Waals surface area (Å²) in [7, 11) is -3.28. The predicted molar refractivity (Wildman–Crippen MR) is 58.7 cm³/mol. The summed E-state index contributed by atoms with van der Waals surface area (Å²) in [6.45, 7) is 3.84. The molecule has 2 aliphatic rings. The summed E-state index contributed by atoms with van der Waals surface area (Å²) in [4.78, 5) is 0. The Morgan fingerprint density at radius 3 is 2.53 bits per heavy atom. The maximum Gasteiger partial charge on any atom is 0.277 e. The Balaban J connectivity index is 1.88. The largest absolute Gasteiger partial charge is 0.316 e. The minimum atomic E-state index is -3.28. The van der Waals surface area contributed by atoms with E-state index >= 15 is 0 Å². The second kappa shape index (κ2) is 4.37. The highest BCUT2D eigenvalue weighted by Crippen LogP contribution is 2.20. The van der Waals surface area contributed by atoms with Crippen molar-refractivity contribution in [2.45, 2.75) is 38.3 Å². The highest BCUT2D eigenvalue weighted by Gasteiger charge is 2.30. The van der Waals surface area contributed by atoms with Crippen LogP contribution >= 0.6 is 0 Å². The number of rotatable bonds is 4. The van der Waals surface area contributed by atoms with E-state index in [4.69, 9.17) is 0 Å². The van der Waals surface area contributed by atoms with Crippen LogP contribution in [-0.4, -0.2) is 33.6 Å². The van der Waals surface area contributed by atoms with Crippen LogP contribution in [0.4, 0.5) is 0 Å². The Kier molecular flexibility index (Phi) is 3.30. The highest BCUT2D eigenvalue weighted by atomic mass is 32.2. The van der Waals surface area contributed by atoms with Crippen LogP contribution < -0.4 is 14.8 Å².